The average Bonchev–Trinajstić information content (AvgIpc) is 3.06. The minimum atomic E-state index is 0.223. The van der Waals surface area contributed by atoms with Crippen LogP contribution in [0, 0.1) is 0 Å². The molecule has 1 N–H and O–H groups in total. The lowest BCUT2D eigenvalue weighted by atomic mass is 10.2. The van der Waals surface area contributed by atoms with Gasteiger partial charge in [-0.1, -0.05) is 48.5 Å². The molecule has 0 aliphatic carbocycles. The van der Waals surface area contributed by atoms with Crippen LogP contribution in [0.1, 0.15) is 16.8 Å². The molecule has 3 aromatic rings. The van der Waals surface area contributed by atoms with Crippen LogP contribution in [0.2, 0.25) is 0 Å². The maximum Gasteiger partial charge on any atom is 0.184 e. The molecule has 0 radical (unpaired) electrons. The Balaban J connectivity index is 0.000000305. The summed E-state index contributed by atoms with van der Waals surface area (Å²) < 4.78 is 5.73. The fourth-order valence-corrected chi connectivity index (χ4v) is 4.21. The van der Waals surface area contributed by atoms with Gasteiger partial charge in [-0.25, -0.2) is 0 Å². The molecule has 4 rings (SSSR count). The van der Waals surface area contributed by atoms with E-state index in [-0.39, 0.29) is 5.75 Å². The third-order valence-corrected chi connectivity index (χ3v) is 6.06. The number of para-hydroxylation sites is 2. The zero-order chi connectivity index (χ0) is 22.8. The van der Waals surface area contributed by atoms with Crippen molar-refractivity contribution in [1.82, 2.24) is 0 Å². The second-order valence-corrected chi connectivity index (χ2v) is 8.28. The van der Waals surface area contributed by atoms with Crippen LogP contribution in [0.3, 0.4) is 0 Å². The molecule has 6 heteroatoms. The fourth-order valence-electron chi connectivity index (χ4n) is 3.56. The topological polar surface area (TPSA) is 53.0 Å². The number of ether oxygens (including phenoxy) is 1. The molecule has 0 aromatic heterocycles. The van der Waals surface area contributed by atoms with E-state index in [0.29, 0.717) is 12.4 Å². The highest BCUT2D eigenvalue weighted by Gasteiger charge is 2.19. The van der Waals surface area contributed by atoms with Gasteiger partial charge in [0.2, 0.25) is 0 Å². The summed E-state index contributed by atoms with van der Waals surface area (Å²) in [5.41, 5.74) is 2.97. The summed E-state index contributed by atoms with van der Waals surface area (Å²) in [5.74, 6) is 0.836. The Morgan fingerprint density at radius 1 is 1.06 bits per heavy atom. The van der Waals surface area contributed by atoms with E-state index < -0.39 is 0 Å². The van der Waals surface area contributed by atoms with Crippen LogP contribution in [-0.4, -0.2) is 50.9 Å². The SMILES string of the molecule is CSc1ccccc1N(C)CCN1CCCOc2c(O)cccc21.O=Cc1ccccc1. The number of benzene rings is 3. The summed E-state index contributed by atoms with van der Waals surface area (Å²) in [7, 11) is 2.13. The van der Waals surface area contributed by atoms with Crippen LogP contribution in [0.4, 0.5) is 11.4 Å². The zero-order valence-corrected chi connectivity index (χ0v) is 19.4. The number of phenolic OH excluding ortho intramolecular Hbond substituents is 1. The molecule has 0 saturated carbocycles. The number of hydrogen-bond donors (Lipinski definition) is 1. The van der Waals surface area contributed by atoms with Gasteiger partial charge in [0.05, 0.1) is 18.0 Å². The number of thioether (sulfide) groups is 1. The number of carbonyl (C=O) groups excluding carboxylic acids is 1. The largest absolute Gasteiger partial charge is 0.504 e. The standard InChI is InChI=1S/C19H24N2O2S.C7H6O/c1-20(15-7-3-4-10-18(15)24-2)12-13-21-11-6-14-23-19-16(21)8-5-9-17(19)22;8-6-7-4-2-1-3-5-7/h3-5,7-10,22H,6,11-14H2,1-2H3;1-6H. The minimum Gasteiger partial charge on any atom is -0.504 e. The van der Waals surface area contributed by atoms with Gasteiger partial charge in [-0.15, -0.1) is 11.8 Å². The Hall–Kier alpha value is -3.12. The number of phenols is 1. The fraction of sp³-hybridized carbons (Fsp3) is 0.269. The van der Waals surface area contributed by atoms with Crippen molar-refractivity contribution in [2.45, 2.75) is 11.3 Å². The summed E-state index contributed by atoms with van der Waals surface area (Å²) in [4.78, 5) is 15.9. The quantitative estimate of drug-likeness (QED) is 0.404. The second-order valence-electron chi connectivity index (χ2n) is 7.44. The molecule has 0 atom stereocenters. The predicted octanol–water partition coefficient (Wildman–Crippen LogP) is 5.34. The van der Waals surface area contributed by atoms with Gasteiger partial charge in [0.25, 0.3) is 0 Å². The summed E-state index contributed by atoms with van der Waals surface area (Å²) in [5, 5.41) is 10.1. The van der Waals surface area contributed by atoms with Crippen LogP contribution < -0.4 is 14.5 Å². The molecule has 0 saturated heterocycles. The van der Waals surface area contributed by atoms with Crippen molar-refractivity contribution < 1.29 is 14.6 Å². The molecule has 1 aliphatic heterocycles. The Morgan fingerprint density at radius 2 is 1.81 bits per heavy atom. The van der Waals surface area contributed by atoms with E-state index in [0.717, 1.165) is 43.6 Å². The van der Waals surface area contributed by atoms with E-state index in [1.54, 1.807) is 30.0 Å². The van der Waals surface area contributed by atoms with Crippen molar-refractivity contribution in [3.63, 3.8) is 0 Å². The number of rotatable bonds is 6. The number of nitrogens with zero attached hydrogens (tertiary/aromatic N) is 2. The van der Waals surface area contributed by atoms with E-state index >= 15 is 0 Å². The molecule has 0 amide bonds. The summed E-state index contributed by atoms with van der Waals surface area (Å²) in [6.07, 6.45) is 3.90. The van der Waals surface area contributed by atoms with Crippen LogP contribution >= 0.6 is 11.8 Å². The van der Waals surface area contributed by atoms with Gasteiger partial charge >= 0.3 is 0 Å². The van der Waals surface area contributed by atoms with Crippen molar-refractivity contribution in [3.8, 4) is 11.5 Å². The number of aromatic hydroxyl groups is 1. The number of aldehydes is 1. The second kappa shape index (κ2) is 12.1. The first-order valence-electron chi connectivity index (χ1n) is 10.7. The zero-order valence-electron chi connectivity index (χ0n) is 18.6. The first-order chi connectivity index (χ1) is 15.6. The van der Waals surface area contributed by atoms with Gasteiger partial charge in [0, 0.05) is 37.1 Å². The van der Waals surface area contributed by atoms with Crippen LogP contribution in [0.25, 0.3) is 0 Å². The number of fused-ring (bicyclic) bond motifs is 1. The monoisotopic (exact) mass is 450 g/mol. The van der Waals surface area contributed by atoms with E-state index in [2.05, 4.69) is 47.4 Å². The minimum absolute atomic E-state index is 0.223. The van der Waals surface area contributed by atoms with E-state index in [9.17, 15) is 9.90 Å². The Bertz CT molecular complexity index is 997. The maximum absolute atomic E-state index is 10.1. The van der Waals surface area contributed by atoms with Crippen molar-refractivity contribution in [3.05, 3.63) is 78.4 Å². The molecule has 0 spiro atoms. The lowest BCUT2D eigenvalue weighted by molar-refractivity contribution is 0.112. The molecule has 168 valence electrons. The average molecular weight is 451 g/mol. The van der Waals surface area contributed by atoms with Crippen LogP contribution in [0.15, 0.2) is 77.7 Å². The van der Waals surface area contributed by atoms with Crippen molar-refractivity contribution in [2.75, 3.05) is 49.3 Å². The van der Waals surface area contributed by atoms with Gasteiger partial charge in [-0.2, -0.15) is 0 Å². The highest BCUT2D eigenvalue weighted by Crippen LogP contribution is 2.38. The van der Waals surface area contributed by atoms with Gasteiger partial charge in [0.15, 0.2) is 11.5 Å². The van der Waals surface area contributed by atoms with Gasteiger partial charge < -0.3 is 19.6 Å². The normalized spacial score (nSPS) is 12.5. The Labute approximate surface area is 194 Å². The lowest BCUT2D eigenvalue weighted by Gasteiger charge is -2.28. The van der Waals surface area contributed by atoms with E-state index in [1.165, 1.54) is 10.6 Å². The maximum atomic E-state index is 10.1. The van der Waals surface area contributed by atoms with Crippen LogP contribution in [0.5, 0.6) is 11.5 Å². The van der Waals surface area contributed by atoms with Crippen molar-refractivity contribution >= 4 is 29.4 Å². The van der Waals surface area contributed by atoms with E-state index in [4.69, 9.17) is 4.74 Å². The van der Waals surface area contributed by atoms with Gasteiger partial charge in [0.1, 0.15) is 6.29 Å². The molecule has 32 heavy (non-hydrogen) atoms. The third kappa shape index (κ3) is 6.20. The molecule has 0 bridgehead atoms. The van der Waals surface area contributed by atoms with Crippen molar-refractivity contribution in [1.29, 1.82) is 0 Å². The predicted molar refractivity (Wildman–Crippen MR) is 134 cm³/mol. The molecule has 1 heterocycles. The third-order valence-electron chi connectivity index (χ3n) is 5.27. The summed E-state index contributed by atoms with van der Waals surface area (Å²) in [6, 6.07) is 23.2. The van der Waals surface area contributed by atoms with Gasteiger partial charge in [-0.3, -0.25) is 4.79 Å². The molecular formula is C26H30N2O3S. The Kier molecular flexibility index (Phi) is 8.87. The highest BCUT2D eigenvalue weighted by atomic mass is 32.2. The number of likely N-dealkylation sites (N-methyl/N-ethyl adjacent to an activating group) is 1. The van der Waals surface area contributed by atoms with Crippen molar-refractivity contribution in [2.24, 2.45) is 0 Å². The number of anilines is 2. The molecular weight excluding hydrogens is 420 g/mol. The number of hydrogen-bond acceptors (Lipinski definition) is 6. The van der Waals surface area contributed by atoms with Crippen LogP contribution in [-0.2, 0) is 0 Å². The lowest BCUT2D eigenvalue weighted by Crippen LogP contribution is -2.34. The first-order valence-corrected chi connectivity index (χ1v) is 11.9. The molecule has 0 fully saturated rings. The molecule has 0 unspecified atom stereocenters. The number of carbonyl (C=O) groups is 1. The smallest absolute Gasteiger partial charge is 0.184 e. The summed E-state index contributed by atoms with van der Waals surface area (Å²) in [6.45, 7) is 3.38. The molecule has 1 aliphatic rings. The Morgan fingerprint density at radius 3 is 2.53 bits per heavy atom. The van der Waals surface area contributed by atoms with Gasteiger partial charge in [-0.05, 0) is 36.9 Å². The van der Waals surface area contributed by atoms with E-state index in [1.807, 2.05) is 30.3 Å². The summed E-state index contributed by atoms with van der Waals surface area (Å²) >= 11 is 1.77. The molecule has 3 aromatic carbocycles. The first kappa shape index (κ1) is 23.5. The highest BCUT2D eigenvalue weighted by molar-refractivity contribution is 7.98. The molecule has 5 nitrogen and oxygen atoms in total.